The van der Waals surface area contributed by atoms with Gasteiger partial charge in [-0.25, -0.2) is 18.1 Å². The summed E-state index contributed by atoms with van der Waals surface area (Å²) in [5.41, 5.74) is 2.86. The van der Waals surface area contributed by atoms with Gasteiger partial charge in [-0.05, 0) is 41.8 Å². The van der Waals surface area contributed by atoms with Crippen LogP contribution >= 0.6 is 0 Å². The van der Waals surface area contributed by atoms with Crippen LogP contribution in [0.2, 0.25) is 0 Å². The molecule has 0 aliphatic rings. The monoisotopic (exact) mass is 439 g/mol. The molecular formula is C23H25N3O4S. The first-order valence-corrected chi connectivity index (χ1v) is 11.4. The third-order valence-electron chi connectivity index (χ3n) is 4.58. The van der Waals surface area contributed by atoms with Gasteiger partial charge in [0.05, 0.1) is 4.90 Å². The third-order valence-corrected chi connectivity index (χ3v) is 6.12. The van der Waals surface area contributed by atoms with Crippen LogP contribution in [0, 0.1) is 6.92 Å². The lowest BCUT2D eigenvalue weighted by atomic mass is 10.1. The van der Waals surface area contributed by atoms with Crippen molar-refractivity contribution in [1.29, 1.82) is 0 Å². The zero-order valence-electron chi connectivity index (χ0n) is 17.5. The quantitative estimate of drug-likeness (QED) is 0.534. The summed E-state index contributed by atoms with van der Waals surface area (Å²) in [6.45, 7) is 4.39. The van der Waals surface area contributed by atoms with Crippen LogP contribution in [-0.4, -0.2) is 25.9 Å². The molecule has 0 aliphatic carbocycles. The van der Waals surface area contributed by atoms with E-state index in [1.165, 1.54) is 12.1 Å². The smallest absolute Gasteiger partial charge is 0.251 e. The molecule has 2 aromatic carbocycles. The van der Waals surface area contributed by atoms with Gasteiger partial charge in [0, 0.05) is 30.9 Å². The number of aromatic nitrogens is 1. The Morgan fingerprint density at radius 3 is 2.55 bits per heavy atom. The Kier molecular flexibility index (Phi) is 7.38. The lowest BCUT2D eigenvalue weighted by molar-refractivity contribution is 0.0950. The Hall–Kier alpha value is -3.23. The van der Waals surface area contributed by atoms with Crippen LogP contribution in [0.4, 0.5) is 0 Å². The van der Waals surface area contributed by atoms with E-state index in [9.17, 15) is 13.2 Å². The standard InChI is InChI=1S/C23H25N3O4S/c1-3-26-31(28,29)20-10-9-17(2)21(14-20)23(27)25-15-19-11-12-24-22(13-19)30-16-18-7-5-4-6-8-18/h4-14,26H,3,15-16H2,1-2H3,(H,25,27). The van der Waals surface area contributed by atoms with Crippen LogP contribution < -0.4 is 14.8 Å². The van der Waals surface area contributed by atoms with Gasteiger partial charge in [0.25, 0.3) is 5.91 Å². The van der Waals surface area contributed by atoms with Crippen molar-refractivity contribution in [2.75, 3.05) is 6.54 Å². The Balaban J connectivity index is 1.65. The zero-order valence-corrected chi connectivity index (χ0v) is 18.3. The molecule has 2 N–H and O–H groups in total. The number of carbonyl (C=O) groups is 1. The van der Waals surface area contributed by atoms with E-state index in [2.05, 4.69) is 15.0 Å². The molecule has 7 nitrogen and oxygen atoms in total. The van der Waals surface area contributed by atoms with Crippen molar-refractivity contribution in [3.63, 3.8) is 0 Å². The Morgan fingerprint density at radius 1 is 1.03 bits per heavy atom. The van der Waals surface area contributed by atoms with Gasteiger partial charge in [0.1, 0.15) is 6.61 Å². The fourth-order valence-corrected chi connectivity index (χ4v) is 4.00. The maximum Gasteiger partial charge on any atom is 0.251 e. The molecule has 0 aliphatic heterocycles. The third kappa shape index (κ3) is 6.13. The van der Waals surface area contributed by atoms with Crippen LogP contribution in [0.5, 0.6) is 5.88 Å². The molecule has 0 spiro atoms. The molecule has 31 heavy (non-hydrogen) atoms. The van der Waals surface area contributed by atoms with Crippen LogP contribution in [0.1, 0.15) is 34.0 Å². The summed E-state index contributed by atoms with van der Waals surface area (Å²) >= 11 is 0. The first-order chi connectivity index (χ1) is 14.9. The summed E-state index contributed by atoms with van der Waals surface area (Å²) in [4.78, 5) is 17.0. The van der Waals surface area contributed by atoms with Crippen LogP contribution in [-0.2, 0) is 23.2 Å². The van der Waals surface area contributed by atoms with Gasteiger partial charge < -0.3 is 10.1 Å². The highest BCUT2D eigenvalue weighted by molar-refractivity contribution is 7.89. The van der Waals surface area contributed by atoms with Crippen molar-refractivity contribution in [2.24, 2.45) is 0 Å². The molecule has 3 aromatic rings. The number of sulfonamides is 1. The molecule has 0 saturated heterocycles. The van der Waals surface area contributed by atoms with Crippen molar-refractivity contribution in [3.05, 3.63) is 89.1 Å². The number of pyridine rings is 1. The summed E-state index contributed by atoms with van der Waals surface area (Å²) in [5, 5.41) is 2.83. The van der Waals surface area contributed by atoms with E-state index in [-0.39, 0.29) is 23.9 Å². The molecule has 0 unspecified atom stereocenters. The lowest BCUT2D eigenvalue weighted by Crippen LogP contribution is -2.26. The normalized spacial score (nSPS) is 11.2. The number of ether oxygens (including phenoxy) is 1. The second-order valence-corrected chi connectivity index (χ2v) is 8.70. The number of hydrogen-bond donors (Lipinski definition) is 2. The average molecular weight is 440 g/mol. The van der Waals surface area contributed by atoms with Gasteiger partial charge in [-0.1, -0.05) is 43.3 Å². The van der Waals surface area contributed by atoms with Crippen LogP contribution in [0.3, 0.4) is 0 Å². The van der Waals surface area contributed by atoms with Crippen LogP contribution in [0.15, 0.2) is 71.8 Å². The molecule has 1 aromatic heterocycles. The highest BCUT2D eigenvalue weighted by atomic mass is 32.2. The Labute approximate surface area is 182 Å². The summed E-state index contributed by atoms with van der Waals surface area (Å²) in [7, 11) is -3.64. The predicted molar refractivity (Wildman–Crippen MR) is 118 cm³/mol. The Bertz CT molecular complexity index is 1150. The number of nitrogens with zero attached hydrogens (tertiary/aromatic N) is 1. The minimum Gasteiger partial charge on any atom is -0.473 e. The van der Waals surface area contributed by atoms with E-state index in [4.69, 9.17) is 4.74 Å². The highest BCUT2D eigenvalue weighted by Gasteiger charge is 2.17. The number of amides is 1. The van der Waals surface area contributed by atoms with Gasteiger partial charge in [0.15, 0.2) is 0 Å². The SMILES string of the molecule is CCNS(=O)(=O)c1ccc(C)c(C(=O)NCc2ccnc(OCc3ccccc3)c2)c1. The number of rotatable bonds is 9. The summed E-state index contributed by atoms with van der Waals surface area (Å²) < 4.78 is 32.6. The molecular weight excluding hydrogens is 414 g/mol. The van der Waals surface area contributed by atoms with Gasteiger partial charge >= 0.3 is 0 Å². The number of aryl methyl sites for hydroxylation is 1. The Morgan fingerprint density at radius 2 is 1.81 bits per heavy atom. The van der Waals surface area contributed by atoms with Crippen LogP contribution in [0.25, 0.3) is 0 Å². The van der Waals surface area contributed by atoms with E-state index in [0.717, 1.165) is 11.1 Å². The van der Waals surface area contributed by atoms with Crippen molar-refractivity contribution in [2.45, 2.75) is 31.9 Å². The topological polar surface area (TPSA) is 97.4 Å². The van der Waals surface area contributed by atoms with E-state index in [1.807, 2.05) is 30.3 Å². The fourth-order valence-electron chi connectivity index (χ4n) is 2.93. The van der Waals surface area contributed by atoms with E-state index >= 15 is 0 Å². The maximum atomic E-state index is 12.7. The van der Waals surface area contributed by atoms with E-state index < -0.39 is 10.0 Å². The average Bonchev–Trinajstić information content (AvgIpc) is 2.77. The summed E-state index contributed by atoms with van der Waals surface area (Å²) in [6.07, 6.45) is 1.62. The predicted octanol–water partition coefficient (Wildman–Crippen LogP) is 3.20. The molecule has 0 fully saturated rings. The number of carbonyl (C=O) groups excluding carboxylic acids is 1. The molecule has 0 saturated carbocycles. The first kappa shape index (κ1) is 22.5. The van der Waals surface area contributed by atoms with Gasteiger partial charge in [-0.2, -0.15) is 0 Å². The zero-order chi connectivity index (χ0) is 22.3. The van der Waals surface area contributed by atoms with Crippen molar-refractivity contribution < 1.29 is 17.9 Å². The van der Waals surface area contributed by atoms with Gasteiger partial charge in [0.2, 0.25) is 15.9 Å². The molecule has 162 valence electrons. The van der Waals surface area contributed by atoms with E-state index in [1.54, 1.807) is 38.2 Å². The second kappa shape index (κ2) is 10.2. The first-order valence-electron chi connectivity index (χ1n) is 9.89. The van der Waals surface area contributed by atoms with Crippen molar-refractivity contribution >= 4 is 15.9 Å². The highest BCUT2D eigenvalue weighted by Crippen LogP contribution is 2.16. The largest absolute Gasteiger partial charge is 0.473 e. The maximum absolute atomic E-state index is 12.7. The number of nitrogens with one attached hydrogen (secondary N) is 2. The van der Waals surface area contributed by atoms with Gasteiger partial charge in [-0.15, -0.1) is 0 Å². The minimum atomic E-state index is -3.64. The van der Waals surface area contributed by atoms with Crippen molar-refractivity contribution in [3.8, 4) is 5.88 Å². The van der Waals surface area contributed by atoms with Gasteiger partial charge in [-0.3, -0.25) is 4.79 Å². The molecule has 0 bridgehead atoms. The number of hydrogen-bond acceptors (Lipinski definition) is 5. The van der Waals surface area contributed by atoms with E-state index in [0.29, 0.717) is 23.6 Å². The second-order valence-electron chi connectivity index (χ2n) is 6.94. The molecule has 1 amide bonds. The van der Waals surface area contributed by atoms with Crippen molar-refractivity contribution in [1.82, 2.24) is 15.0 Å². The molecule has 0 atom stereocenters. The molecule has 0 radical (unpaired) electrons. The molecule has 3 rings (SSSR count). The minimum absolute atomic E-state index is 0.0607. The molecule has 1 heterocycles. The lowest BCUT2D eigenvalue weighted by Gasteiger charge is -2.11. The summed E-state index contributed by atoms with van der Waals surface area (Å²) in [5.74, 6) is 0.111. The number of benzene rings is 2. The summed E-state index contributed by atoms with van der Waals surface area (Å²) in [6, 6.07) is 17.8. The molecule has 8 heteroatoms. The fraction of sp³-hybridized carbons (Fsp3) is 0.217.